The van der Waals surface area contributed by atoms with Crippen LogP contribution in [0.2, 0.25) is 5.02 Å². The number of amides is 1. The molecule has 3 aromatic rings. The first-order valence-electron chi connectivity index (χ1n) is 8.84. The van der Waals surface area contributed by atoms with Gasteiger partial charge in [0.05, 0.1) is 5.69 Å². The highest BCUT2D eigenvalue weighted by molar-refractivity contribution is 6.30. The molecule has 26 heavy (non-hydrogen) atoms. The molecule has 2 aromatic carbocycles. The molecule has 2 heterocycles. The number of hydrogen-bond acceptors (Lipinski definition) is 2. The molecule has 1 N–H and O–H groups in total. The Morgan fingerprint density at radius 3 is 2.81 bits per heavy atom. The maximum atomic E-state index is 12.7. The zero-order chi connectivity index (χ0) is 17.9. The van der Waals surface area contributed by atoms with Crippen LogP contribution in [0.15, 0.2) is 54.6 Å². The highest BCUT2D eigenvalue weighted by atomic mass is 35.5. The third kappa shape index (κ3) is 3.51. The molecule has 4 nitrogen and oxygen atoms in total. The molecule has 0 fully saturated rings. The quantitative estimate of drug-likeness (QED) is 0.751. The summed E-state index contributed by atoms with van der Waals surface area (Å²) >= 11 is 6.12. The van der Waals surface area contributed by atoms with Crippen molar-refractivity contribution in [2.45, 2.75) is 25.8 Å². The number of halogens is 1. The van der Waals surface area contributed by atoms with Crippen LogP contribution in [-0.2, 0) is 24.2 Å². The van der Waals surface area contributed by atoms with Gasteiger partial charge in [-0.2, -0.15) is 5.10 Å². The molecule has 0 radical (unpaired) electrons. The number of benzene rings is 2. The SMILES string of the molecule is O=C(CCc1ccccc1)N1CCc2[nH]nc(-c3cccc(Cl)c3)c2C1. The van der Waals surface area contributed by atoms with Gasteiger partial charge >= 0.3 is 0 Å². The van der Waals surface area contributed by atoms with Gasteiger partial charge in [0.2, 0.25) is 5.91 Å². The molecule has 5 heteroatoms. The number of carbonyl (C=O) groups excluding carboxylic acids is 1. The first-order chi connectivity index (χ1) is 12.7. The fourth-order valence-electron chi connectivity index (χ4n) is 3.44. The van der Waals surface area contributed by atoms with Crippen LogP contribution in [0.1, 0.15) is 23.2 Å². The van der Waals surface area contributed by atoms with Crippen molar-refractivity contribution in [2.75, 3.05) is 6.54 Å². The summed E-state index contributed by atoms with van der Waals surface area (Å²) in [5.74, 6) is 0.192. The lowest BCUT2D eigenvalue weighted by Gasteiger charge is -2.27. The summed E-state index contributed by atoms with van der Waals surface area (Å²) in [6.07, 6.45) is 2.11. The first-order valence-corrected chi connectivity index (χ1v) is 9.22. The average Bonchev–Trinajstić information content (AvgIpc) is 3.10. The Hall–Kier alpha value is -2.59. The Bertz CT molecular complexity index is 920. The number of aromatic nitrogens is 2. The van der Waals surface area contributed by atoms with Gasteiger partial charge in [0.25, 0.3) is 0 Å². The van der Waals surface area contributed by atoms with Gasteiger partial charge in [-0.05, 0) is 24.1 Å². The first kappa shape index (κ1) is 16.9. The molecule has 4 rings (SSSR count). The van der Waals surface area contributed by atoms with Crippen LogP contribution in [0.3, 0.4) is 0 Å². The standard InChI is InChI=1S/C21H20ClN3O/c22-17-8-4-7-16(13-17)21-18-14-25(12-11-19(18)23-24-21)20(26)10-9-15-5-2-1-3-6-15/h1-8,13H,9-12,14H2,(H,23,24). The molecule has 1 aliphatic heterocycles. The second kappa shape index (κ2) is 7.34. The molecule has 132 valence electrons. The van der Waals surface area contributed by atoms with Crippen molar-refractivity contribution >= 4 is 17.5 Å². The monoisotopic (exact) mass is 365 g/mol. The summed E-state index contributed by atoms with van der Waals surface area (Å²) in [7, 11) is 0. The van der Waals surface area contributed by atoms with Gasteiger partial charge in [0.1, 0.15) is 0 Å². The number of rotatable bonds is 4. The third-order valence-corrected chi connectivity index (χ3v) is 5.09. The number of H-pyrrole nitrogens is 1. The van der Waals surface area contributed by atoms with Gasteiger partial charge < -0.3 is 4.90 Å². The van der Waals surface area contributed by atoms with Crippen LogP contribution < -0.4 is 0 Å². The maximum absolute atomic E-state index is 12.7. The predicted molar refractivity (Wildman–Crippen MR) is 103 cm³/mol. The van der Waals surface area contributed by atoms with E-state index in [0.29, 0.717) is 18.0 Å². The van der Waals surface area contributed by atoms with E-state index >= 15 is 0 Å². The Balaban J connectivity index is 1.49. The molecule has 0 saturated carbocycles. The minimum atomic E-state index is 0.192. The summed E-state index contributed by atoms with van der Waals surface area (Å²) in [6.45, 7) is 1.33. The fraction of sp³-hybridized carbons (Fsp3) is 0.238. The normalized spacial score (nSPS) is 13.5. The van der Waals surface area contributed by atoms with E-state index in [-0.39, 0.29) is 5.91 Å². The zero-order valence-corrected chi connectivity index (χ0v) is 15.2. The second-order valence-corrected chi connectivity index (χ2v) is 7.03. The lowest BCUT2D eigenvalue weighted by molar-refractivity contribution is -0.132. The lowest BCUT2D eigenvalue weighted by atomic mass is 10.0. The number of nitrogens with one attached hydrogen (secondary N) is 1. The van der Waals surface area contributed by atoms with Crippen molar-refractivity contribution in [1.82, 2.24) is 15.1 Å². The third-order valence-electron chi connectivity index (χ3n) is 4.85. The number of aryl methyl sites for hydroxylation is 1. The van der Waals surface area contributed by atoms with Crippen molar-refractivity contribution < 1.29 is 4.79 Å². The largest absolute Gasteiger partial charge is 0.338 e. The molecule has 0 spiro atoms. The molecule has 0 aliphatic carbocycles. The van der Waals surface area contributed by atoms with Gasteiger partial charge in [-0.3, -0.25) is 9.89 Å². The van der Waals surface area contributed by atoms with Crippen molar-refractivity contribution in [3.8, 4) is 11.3 Å². The molecular weight excluding hydrogens is 346 g/mol. The van der Waals surface area contributed by atoms with Gasteiger partial charge in [-0.25, -0.2) is 0 Å². The van der Waals surface area contributed by atoms with Crippen molar-refractivity contribution in [3.05, 3.63) is 76.4 Å². The Morgan fingerprint density at radius 2 is 2.00 bits per heavy atom. The fourth-order valence-corrected chi connectivity index (χ4v) is 3.63. The van der Waals surface area contributed by atoms with E-state index in [1.165, 1.54) is 5.56 Å². The number of aromatic amines is 1. The molecule has 1 aliphatic rings. The summed E-state index contributed by atoms with van der Waals surface area (Å²) in [5.41, 5.74) is 5.29. The summed E-state index contributed by atoms with van der Waals surface area (Å²) in [4.78, 5) is 14.6. The molecule has 0 unspecified atom stereocenters. The Morgan fingerprint density at radius 1 is 1.15 bits per heavy atom. The van der Waals surface area contributed by atoms with Gasteiger partial charge in [0.15, 0.2) is 0 Å². The van der Waals surface area contributed by atoms with E-state index < -0.39 is 0 Å². The van der Waals surface area contributed by atoms with Crippen LogP contribution in [-0.4, -0.2) is 27.5 Å². The second-order valence-electron chi connectivity index (χ2n) is 6.59. The Labute approximate surface area is 157 Å². The number of nitrogens with zero attached hydrogens (tertiary/aromatic N) is 2. The summed E-state index contributed by atoms with van der Waals surface area (Å²) in [5, 5.41) is 8.29. The van der Waals surface area contributed by atoms with E-state index in [9.17, 15) is 4.79 Å². The van der Waals surface area contributed by atoms with E-state index in [0.717, 1.165) is 41.9 Å². The predicted octanol–water partition coefficient (Wildman–Crippen LogP) is 4.25. The summed E-state index contributed by atoms with van der Waals surface area (Å²) < 4.78 is 0. The number of hydrogen-bond donors (Lipinski definition) is 1. The van der Waals surface area contributed by atoms with Crippen LogP contribution in [0.4, 0.5) is 0 Å². The maximum Gasteiger partial charge on any atom is 0.223 e. The van der Waals surface area contributed by atoms with Gasteiger partial charge in [-0.15, -0.1) is 0 Å². The van der Waals surface area contributed by atoms with Crippen LogP contribution in [0.5, 0.6) is 0 Å². The van der Waals surface area contributed by atoms with Crippen LogP contribution in [0.25, 0.3) is 11.3 Å². The molecule has 0 atom stereocenters. The molecular formula is C21H20ClN3O. The van der Waals surface area contributed by atoms with Gasteiger partial charge in [-0.1, -0.05) is 54.1 Å². The van der Waals surface area contributed by atoms with Crippen LogP contribution in [0, 0.1) is 0 Å². The smallest absolute Gasteiger partial charge is 0.223 e. The Kier molecular flexibility index (Phi) is 4.76. The minimum absolute atomic E-state index is 0.192. The number of carbonyl (C=O) groups is 1. The topological polar surface area (TPSA) is 49.0 Å². The zero-order valence-electron chi connectivity index (χ0n) is 14.4. The van der Waals surface area contributed by atoms with Crippen LogP contribution >= 0.6 is 11.6 Å². The summed E-state index contributed by atoms with van der Waals surface area (Å²) in [6, 6.07) is 17.8. The minimum Gasteiger partial charge on any atom is -0.338 e. The van der Waals surface area contributed by atoms with E-state index in [2.05, 4.69) is 22.3 Å². The molecule has 0 bridgehead atoms. The van der Waals surface area contributed by atoms with Crippen molar-refractivity contribution in [3.63, 3.8) is 0 Å². The number of fused-ring (bicyclic) bond motifs is 1. The van der Waals surface area contributed by atoms with E-state index in [1.54, 1.807) is 0 Å². The average molecular weight is 366 g/mol. The van der Waals surface area contributed by atoms with E-state index in [4.69, 9.17) is 11.6 Å². The highest BCUT2D eigenvalue weighted by Gasteiger charge is 2.25. The molecule has 0 saturated heterocycles. The van der Waals surface area contributed by atoms with E-state index in [1.807, 2.05) is 47.4 Å². The van der Waals surface area contributed by atoms with Crippen molar-refractivity contribution in [1.29, 1.82) is 0 Å². The van der Waals surface area contributed by atoms with Gasteiger partial charge in [0, 0.05) is 47.8 Å². The van der Waals surface area contributed by atoms with Crippen molar-refractivity contribution in [2.24, 2.45) is 0 Å². The highest BCUT2D eigenvalue weighted by Crippen LogP contribution is 2.30. The molecule has 1 amide bonds. The lowest BCUT2D eigenvalue weighted by Crippen LogP contribution is -2.36. The molecule has 1 aromatic heterocycles.